The van der Waals surface area contributed by atoms with E-state index in [1.54, 1.807) is 31.6 Å². The summed E-state index contributed by atoms with van der Waals surface area (Å²) >= 11 is 0. The van der Waals surface area contributed by atoms with Crippen LogP contribution in [0.5, 0.6) is 0 Å². The second-order valence-corrected chi connectivity index (χ2v) is 5.57. The van der Waals surface area contributed by atoms with Gasteiger partial charge in [0.2, 0.25) is 5.91 Å². The number of nitrogens with zero attached hydrogens (tertiary/aromatic N) is 5. The first-order valence-electron chi connectivity index (χ1n) is 7.62. The van der Waals surface area contributed by atoms with Crippen LogP contribution in [0.15, 0.2) is 29.2 Å². The van der Waals surface area contributed by atoms with E-state index >= 15 is 0 Å². The molecule has 1 fully saturated rings. The van der Waals surface area contributed by atoms with Crippen LogP contribution >= 0.6 is 0 Å². The number of nitrogens with one attached hydrogen (secondary N) is 1. The topological polar surface area (TPSA) is 87.4 Å². The summed E-state index contributed by atoms with van der Waals surface area (Å²) in [6, 6.07) is 1.48. The predicted molar refractivity (Wildman–Crippen MR) is 85.1 cm³/mol. The molecule has 8 heteroatoms. The number of anilines is 2. The van der Waals surface area contributed by atoms with Crippen molar-refractivity contribution in [2.75, 3.05) is 36.4 Å². The first-order valence-corrected chi connectivity index (χ1v) is 7.62. The molecule has 0 unspecified atom stereocenters. The number of carbonyl (C=O) groups excluding carboxylic acids is 1. The minimum Gasteiger partial charge on any atom is -0.360 e. The van der Waals surface area contributed by atoms with Crippen LogP contribution in [0.1, 0.15) is 12.7 Å². The molecule has 0 radical (unpaired) electrons. The first kappa shape index (κ1) is 15.4. The largest absolute Gasteiger partial charge is 0.360 e. The van der Waals surface area contributed by atoms with Gasteiger partial charge in [-0.3, -0.25) is 14.7 Å². The molecule has 0 saturated carbocycles. The van der Waals surface area contributed by atoms with Gasteiger partial charge in [0.05, 0.1) is 12.2 Å². The average Bonchev–Trinajstić information content (AvgIpc) is 3.00. The summed E-state index contributed by atoms with van der Waals surface area (Å²) in [4.78, 5) is 25.0. The molecule has 3 heterocycles. The maximum atomic E-state index is 12.3. The molecule has 8 nitrogen and oxygen atoms in total. The highest BCUT2D eigenvalue weighted by Crippen LogP contribution is 2.14. The molecule has 1 atom stereocenters. The average molecular weight is 316 g/mol. The molecular weight excluding hydrogens is 296 g/mol. The van der Waals surface area contributed by atoms with Crippen LogP contribution in [0.3, 0.4) is 0 Å². The Morgan fingerprint density at radius 1 is 1.30 bits per heavy atom. The summed E-state index contributed by atoms with van der Waals surface area (Å²) in [5.74, 6) is 1.93. The molecule has 2 aromatic heterocycles. The van der Waals surface area contributed by atoms with E-state index in [1.807, 2.05) is 6.92 Å². The minimum absolute atomic E-state index is 0.0775. The van der Waals surface area contributed by atoms with E-state index in [2.05, 4.69) is 30.2 Å². The Balaban J connectivity index is 1.53. The molecule has 0 aromatic carbocycles. The third-order valence-electron chi connectivity index (χ3n) is 3.99. The molecular formula is C15H20N6O2. The molecule has 0 spiro atoms. The summed E-state index contributed by atoms with van der Waals surface area (Å²) in [7, 11) is 0. The van der Waals surface area contributed by atoms with Crippen LogP contribution in [-0.4, -0.2) is 58.2 Å². The van der Waals surface area contributed by atoms with E-state index in [9.17, 15) is 4.79 Å². The Kier molecular flexibility index (Phi) is 4.52. The van der Waals surface area contributed by atoms with Crippen molar-refractivity contribution in [1.29, 1.82) is 0 Å². The van der Waals surface area contributed by atoms with Crippen LogP contribution in [0, 0.1) is 6.92 Å². The van der Waals surface area contributed by atoms with Crippen LogP contribution in [0.2, 0.25) is 0 Å². The van der Waals surface area contributed by atoms with Crippen LogP contribution in [0.25, 0.3) is 0 Å². The minimum atomic E-state index is -0.226. The number of rotatable bonds is 4. The fraction of sp³-hybridized carbons (Fsp3) is 0.467. The van der Waals surface area contributed by atoms with Gasteiger partial charge in [0, 0.05) is 44.6 Å². The Hall–Kier alpha value is -2.48. The molecule has 1 aliphatic heterocycles. The van der Waals surface area contributed by atoms with Crippen molar-refractivity contribution in [3.63, 3.8) is 0 Å². The van der Waals surface area contributed by atoms with Gasteiger partial charge in [0.15, 0.2) is 5.82 Å². The maximum absolute atomic E-state index is 12.3. The van der Waals surface area contributed by atoms with E-state index in [0.29, 0.717) is 11.6 Å². The lowest BCUT2D eigenvalue weighted by molar-refractivity contribution is -0.120. The predicted octanol–water partition coefficient (Wildman–Crippen LogP) is 0.922. The molecule has 0 aliphatic carbocycles. The molecule has 1 N–H and O–H groups in total. The van der Waals surface area contributed by atoms with Gasteiger partial charge in [0.25, 0.3) is 0 Å². The Labute approximate surface area is 134 Å². The second kappa shape index (κ2) is 6.74. The van der Waals surface area contributed by atoms with Crippen molar-refractivity contribution in [2.24, 2.45) is 0 Å². The van der Waals surface area contributed by atoms with Crippen molar-refractivity contribution < 1.29 is 9.32 Å². The number of amides is 1. The molecule has 23 heavy (non-hydrogen) atoms. The third kappa shape index (κ3) is 3.65. The summed E-state index contributed by atoms with van der Waals surface area (Å²) < 4.78 is 4.96. The molecule has 1 amide bonds. The number of hydrogen-bond donors (Lipinski definition) is 1. The standard InChI is InChI=1S/C15H20N6O2/c1-11-9-13(19-23-11)18-15(22)12(2)20-5-7-21(8-6-20)14-10-16-3-4-17-14/h3-4,9-10,12H,5-8H2,1-2H3,(H,18,19,22)/t12-/m0/s1. The quantitative estimate of drug-likeness (QED) is 0.897. The van der Waals surface area contributed by atoms with Gasteiger partial charge in [-0.15, -0.1) is 0 Å². The van der Waals surface area contributed by atoms with E-state index < -0.39 is 0 Å². The second-order valence-electron chi connectivity index (χ2n) is 5.57. The van der Waals surface area contributed by atoms with Gasteiger partial charge in [-0.2, -0.15) is 0 Å². The zero-order valence-electron chi connectivity index (χ0n) is 13.3. The lowest BCUT2D eigenvalue weighted by Crippen LogP contribution is -2.53. The lowest BCUT2D eigenvalue weighted by Gasteiger charge is -2.37. The van der Waals surface area contributed by atoms with Crippen molar-refractivity contribution in [3.8, 4) is 0 Å². The summed E-state index contributed by atoms with van der Waals surface area (Å²) in [6.07, 6.45) is 5.12. The zero-order valence-corrected chi connectivity index (χ0v) is 13.3. The van der Waals surface area contributed by atoms with Crippen molar-refractivity contribution in [2.45, 2.75) is 19.9 Å². The highest BCUT2D eigenvalue weighted by Gasteiger charge is 2.26. The van der Waals surface area contributed by atoms with Crippen molar-refractivity contribution >= 4 is 17.5 Å². The van der Waals surface area contributed by atoms with Gasteiger partial charge in [-0.1, -0.05) is 5.16 Å². The number of carbonyl (C=O) groups is 1. The Morgan fingerprint density at radius 3 is 2.70 bits per heavy atom. The van der Waals surface area contributed by atoms with Gasteiger partial charge < -0.3 is 14.7 Å². The van der Waals surface area contributed by atoms with Gasteiger partial charge in [-0.25, -0.2) is 4.98 Å². The van der Waals surface area contributed by atoms with E-state index in [0.717, 1.165) is 32.0 Å². The molecule has 3 rings (SSSR count). The lowest BCUT2D eigenvalue weighted by atomic mass is 10.2. The van der Waals surface area contributed by atoms with Crippen molar-refractivity contribution in [3.05, 3.63) is 30.4 Å². The monoisotopic (exact) mass is 316 g/mol. The first-order chi connectivity index (χ1) is 11.1. The van der Waals surface area contributed by atoms with Crippen LogP contribution in [0.4, 0.5) is 11.6 Å². The van der Waals surface area contributed by atoms with Crippen LogP contribution < -0.4 is 10.2 Å². The van der Waals surface area contributed by atoms with Crippen LogP contribution in [-0.2, 0) is 4.79 Å². The molecule has 1 saturated heterocycles. The molecule has 122 valence electrons. The molecule has 0 bridgehead atoms. The highest BCUT2D eigenvalue weighted by atomic mass is 16.5. The summed E-state index contributed by atoms with van der Waals surface area (Å²) in [6.45, 7) is 6.92. The normalized spacial score (nSPS) is 17.0. The maximum Gasteiger partial charge on any atom is 0.242 e. The Morgan fingerprint density at radius 2 is 2.09 bits per heavy atom. The third-order valence-corrected chi connectivity index (χ3v) is 3.99. The smallest absolute Gasteiger partial charge is 0.242 e. The molecule has 2 aromatic rings. The fourth-order valence-corrected chi connectivity index (χ4v) is 2.61. The number of piperazine rings is 1. The van der Waals surface area contributed by atoms with Gasteiger partial charge in [0.1, 0.15) is 11.6 Å². The SMILES string of the molecule is Cc1cc(NC(=O)[C@H](C)N2CCN(c3cnccn3)CC2)no1. The van der Waals surface area contributed by atoms with E-state index in [-0.39, 0.29) is 11.9 Å². The zero-order chi connectivity index (χ0) is 16.2. The van der Waals surface area contributed by atoms with Gasteiger partial charge >= 0.3 is 0 Å². The fourth-order valence-electron chi connectivity index (χ4n) is 2.61. The van der Waals surface area contributed by atoms with E-state index in [4.69, 9.17) is 4.52 Å². The number of hydrogen-bond acceptors (Lipinski definition) is 7. The number of aromatic nitrogens is 3. The Bertz CT molecular complexity index is 651. The summed E-state index contributed by atoms with van der Waals surface area (Å²) in [5.41, 5.74) is 0. The molecule has 1 aliphatic rings. The summed E-state index contributed by atoms with van der Waals surface area (Å²) in [5, 5.41) is 6.57. The van der Waals surface area contributed by atoms with Gasteiger partial charge in [-0.05, 0) is 13.8 Å². The number of aryl methyl sites for hydroxylation is 1. The van der Waals surface area contributed by atoms with Crippen molar-refractivity contribution in [1.82, 2.24) is 20.0 Å². The highest BCUT2D eigenvalue weighted by molar-refractivity contribution is 5.93. The van der Waals surface area contributed by atoms with E-state index in [1.165, 1.54) is 0 Å².